The van der Waals surface area contributed by atoms with Gasteiger partial charge in [0.05, 0.1) is 0 Å². The lowest BCUT2D eigenvalue weighted by Crippen LogP contribution is -2.63. The van der Waals surface area contributed by atoms with E-state index in [1.807, 2.05) is 0 Å². The van der Waals surface area contributed by atoms with E-state index in [1.165, 1.54) is 0 Å². The van der Waals surface area contributed by atoms with E-state index in [2.05, 4.69) is 13.2 Å². The van der Waals surface area contributed by atoms with Crippen molar-refractivity contribution in [3.63, 3.8) is 0 Å². The Morgan fingerprint density at radius 3 is 1.29 bits per heavy atom. The van der Waals surface area contributed by atoms with Gasteiger partial charge in [-0.2, -0.15) is 0 Å². The molecule has 0 amide bonds. The third-order valence-electron chi connectivity index (χ3n) is 9.54. The number of carbonyl (C=O) groups excluding carboxylic acids is 8. The Labute approximate surface area is 380 Å². The van der Waals surface area contributed by atoms with Gasteiger partial charge in [0.15, 0.2) is 24.4 Å². The van der Waals surface area contributed by atoms with Crippen LogP contribution in [-0.2, 0) is 98.6 Å². The molecule has 20 nitrogen and oxygen atoms in total. The molecule has 10 atom stereocenters. The molecule has 2 aromatic carbocycles. The number of benzene rings is 2. The fourth-order valence-corrected chi connectivity index (χ4v) is 7.19. The maximum absolute atomic E-state index is 12.5. The van der Waals surface area contributed by atoms with Crippen molar-refractivity contribution in [2.75, 3.05) is 13.2 Å². The lowest BCUT2D eigenvalue weighted by atomic mass is 9.96. The molecule has 2 aliphatic heterocycles. The summed E-state index contributed by atoms with van der Waals surface area (Å²) in [7, 11) is 0. The van der Waals surface area contributed by atoms with E-state index < -0.39 is 122 Å². The first-order valence-corrected chi connectivity index (χ1v) is 20.6. The first kappa shape index (κ1) is 51.8. The largest absolute Gasteiger partial charge is 0.463 e. The molecule has 0 unspecified atom stereocenters. The normalized spacial score (nSPS) is 24.5. The molecule has 2 aromatic rings. The molecule has 0 N–H and O–H groups in total. The molecule has 66 heavy (non-hydrogen) atoms. The highest BCUT2D eigenvalue weighted by atomic mass is 16.7. The molecule has 0 bridgehead atoms. The zero-order chi connectivity index (χ0) is 48.8. The lowest BCUT2D eigenvalue weighted by molar-refractivity contribution is -0.288. The number of ether oxygens (including phenoxy) is 12. The molecule has 2 aliphatic rings. The summed E-state index contributed by atoms with van der Waals surface area (Å²) < 4.78 is 69.0. The minimum absolute atomic E-state index is 0.154. The second kappa shape index (κ2) is 23.9. The quantitative estimate of drug-likeness (QED) is 0.111. The maximum atomic E-state index is 12.5. The van der Waals surface area contributed by atoms with Gasteiger partial charge in [-0.25, -0.2) is 0 Å². The average molecular weight is 927 g/mol. The van der Waals surface area contributed by atoms with Crippen molar-refractivity contribution in [2.45, 2.75) is 130 Å². The highest BCUT2D eigenvalue weighted by Crippen LogP contribution is 2.39. The molecule has 2 heterocycles. The van der Waals surface area contributed by atoms with Crippen molar-refractivity contribution in [1.82, 2.24) is 0 Å². The van der Waals surface area contributed by atoms with Crippen LogP contribution in [0.5, 0.6) is 11.5 Å². The van der Waals surface area contributed by atoms with Gasteiger partial charge in [-0.15, -0.1) is 13.2 Å². The predicted octanol–water partition coefficient (Wildman–Crippen LogP) is 3.73. The summed E-state index contributed by atoms with van der Waals surface area (Å²) in [5.41, 5.74) is 2.25. The van der Waals surface area contributed by atoms with Gasteiger partial charge in [0.25, 0.3) is 0 Å². The zero-order valence-corrected chi connectivity index (χ0v) is 37.8. The summed E-state index contributed by atoms with van der Waals surface area (Å²) in [5.74, 6) is -5.94. The number of allylic oxidation sites excluding steroid dienone is 2. The Balaban J connectivity index is 1.84. The molecule has 0 aliphatic carbocycles. The van der Waals surface area contributed by atoms with E-state index in [1.54, 1.807) is 48.6 Å². The van der Waals surface area contributed by atoms with Crippen LogP contribution in [0, 0.1) is 0 Å². The van der Waals surface area contributed by atoms with E-state index in [9.17, 15) is 38.4 Å². The Hall–Kier alpha value is -6.80. The fourth-order valence-electron chi connectivity index (χ4n) is 7.19. The van der Waals surface area contributed by atoms with Crippen LogP contribution in [0.1, 0.15) is 66.5 Å². The van der Waals surface area contributed by atoms with Crippen molar-refractivity contribution in [3.05, 3.63) is 72.8 Å². The summed E-state index contributed by atoms with van der Waals surface area (Å²) >= 11 is 0. The molecule has 2 fully saturated rings. The van der Waals surface area contributed by atoms with Gasteiger partial charge in [-0.3, -0.25) is 38.4 Å². The first-order chi connectivity index (χ1) is 31.2. The smallest absolute Gasteiger partial charge is 0.303 e. The monoisotopic (exact) mass is 926 g/mol. The Morgan fingerprint density at radius 1 is 0.485 bits per heavy atom. The van der Waals surface area contributed by atoms with Crippen LogP contribution in [0.25, 0.3) is 11.1 Å². The summed E-state index contributed by atoms with van der Waals surface area (Å²) in [6, 6.07) is 10.1. The van der Waals surface area contributed by atoms with E-state index in [0.717, 1.165) is 61.0 Å². The van der Waals surface area contributed by atoms with Crippen LogP contribution >= 0.6 is 0 Å². The van der Waals surface area contributed by atoms with Crippen LogP contribution < -0.4 is 9.47 Å². The van der Waals surface area contributed by atoms with Gasteiger partial charge < -0.3 is 56.8 Å². The topological polar surface area (TPSA) is 247 Å². The van der Waals surface area contributed by atoms with Gasteiger partial charge in [0, 0.05) is 61.0 Å². The predicted molar refractivity (Wildman–Crippen MR) is 225 cm³/mol. The van der Waals surface area contributed by atoms with Crippen LogP contribution in [0.2, 0.25) is 0 Å². The highest BCUT2D eigenvalue weighted by Gasteiger charge is 2.55. The van der Waals surface area contributed by atoms with E-state index in [4.69, 9.17) is 56.8 Å². The summed E-state index contributed by atoms with van der Waals surface area (Å²) in [6.07, 6.45) is -10.6. The lowest BCUT2D eigenvalue weighted by Gasteiger charge is -2.44. The molecule has 0 spiro atoms. The van der Waals surface area contributed by atoms with E-state index in [0.29, 0.717) is 23.1 Å². The molecule has 4 rings (SSSR count). The van der Waals surface area contributed by atoms with Gasteiger partial charge in [-0.05, 0) is 53.8 Å². The molecule has 0 aromatic heterocycles. The van der Waals surface area contributed by atoms with E-state index >= 15 is 0 Å². The third-order valence-corrected chi connectivity index (χ3v) is 9.54. The van der Waals surface area contributed by atoms with Crippen molar-refractivity contribution < 1.29 is 95.2 Å². The zero-order valence-electron chi connectivity index (χ0n) is 37.8. The van der Waals surface area contributed by atoms with Crippen LogP contribution in [0.3, 0.4) is 0 Å². The van der Waals surface area contributed by atoms with Gasteiger partial charge in [-0.1, -0.05) is 24.3 Å². The summed E-state index contributed by atoms with van der Waals surface area (Å²) in [5, 5.41) is 0. The molecule has 20 heteroatoms. The molecule has 2 saturated heterocycles. The second-order valence-corrected chi connectivity index (χ2v) is 15.0. The van der Waals surface area contributed by atoms with Gasteiger partial charge in [0.1, 0.15) is 36.9 Å². The Bertz CT molecular complexity index is 2150. The van der Waals surface area contributed by atoms with Crippen molar-refractivity contribution >= 4 is 47.8 Å². The second-order valence-electron chi connectivity index (χ2n) is 15.0. The average Bonchev–Trinajstić information content (AvgIpc) is 3.21. The van der Waals surface area contributed by atoms with Crippen LogP contribution in [-0.4, -0.2) is 122 Å². The minimum Gasteiger partial charge on any atom is -0.463 e. The number of carbonyl (C=O) groups is 8. The first-order valence-electron chi connectivity index (χ1n) is 20.6. The number of rotatable bonds is 19. The number of esters is 8. The van der Waals surface area contributed by atoms with Crippen molar-refractivity contribution in [3.8, 4) is 22.6 Å². The molecular weight excluding hydrogens is 872 g/mol. The number of hydrogen-bond acceptors (Lipinski definition) is 20. The van der Waals surface area contributed by atoms with Crippen molar-refractivity contribution in [2.24, 2.45) is 0 Å². The Kier molecular flexibility index (Phi) is 18.8. The molecule has 0 radical (unpaired) electrons. The third kappa shape index (κ3) is 14.6. The van der Waals surface area contributed by atoms with Gasteiger partial charge >= 0.3 is 47.8 Å². The fraction of sp³-hybridized carbons (Fsp3) is 0.478. The van der Waals surface area contributed by atoms with Crippen LogP contribution in [0.4, 0.5) is 0 Å². The van der Waals surface area contributed by atoms with Gasteiger partial charge in [0.2, 0.25) is 24.8 Å². The van der Waals surface area contributed by atoms with Crippen molar-refractivity contribution in [1.29, 1.82) is 0 Å². The molecule has 358 valence electrons. The molecular formula is C46H54O20. The maximum Gasteiger partial charge on any atom is 0.303 e. The standard InChI is InChI=1S/C46H54O20/c1-11-13-31-15-17-36(64-46-44(62-30(10)54)42(60-28(8)52)40(58-26(6)50)38(66-46)22-56-24(4)48)34(19-31)32-16-18-35(33(20-32)14-12-2)63-45-43(61-29(9)53)41(59-27(7)51)39(57-25(5)49)37(65-45)21-55-23(3)47/h11-12,15-20,37-46H,1-2,13-14,21-22H2,3-10H3/t37-,38-,39-,40-,41+,42+,43-,44-,45-,46-/m1/s1. The minimum atomic E-state index is -1.56. The summed E-state index contributed by atoms with van der Waals surface area (Å²) in [4.78, 5) is 98.2. The SMILES string of the molecule is C=CCc1ccc(O[C@@H]2O[C@H](COC(C)=O)[C@@H](OC(C)=O)[C@H](OC(C)=O)[C@H]2OC(C)=O)c(-c2ccc(O[C@@H]3O[C@H](COC(C)=O)[C@@H](OC(C)=O)[C@H](OC(C)=O)[C@H]3OC(C)=O)c(CC=C)c2)c1. The summed E-state index contributed by atoms with van der Waals surface area (Å²) in [6.45, 7) is 15.7. The Morgan fingerprint density at radius 2 is 0.879 bits per heavy atom. The van der Waals surface area contributed by atoms with Crippen LogP contribution in [0.15, 0.2) is 61.7 Å². The molecule has 0 saturated carbocycles. The highest BCUT2D eigenvalue weighted by molar-refractivity contribution is 5.74. The number of hydrogen-bond donors (Lipinski definition) is 0. The van der Waals surface area contributed by atoms with E-state index in [-0.39, 0.29) is 17.9 Å².